The van der Waals surface area contributed by atoms with Crippen LogP contribution in [0.3, 0.4) is 0 Å². The number of hydrogen-bond acceptors (Lipinski definition) is 3. The lowest BCUT2D eigenvalue weighted by molar-refractivity contribution is -0.145. The smallest absolute Gasteiger partial charge is 0.237 e. The van der Waals surface area contributed by atoms with Crippen molar-refractivity contribution >= 4 is 17.5 Å². The number of aryl methyl sites for hydroxylation is 2. The molecule has 134 valence electrons. The third-order valence-corrected chi connectivity index (χ3v) is 5.26. The minimum atomic E-state index is -0.783. The monoisotopic (exact) mass is 350 g/mol. The Hall–Kier alpha value is -2.82. The summed E-state index contributed by atoms with van der Waals surface area (Å²) < 4.78 is 5.98. The van der Waals surface area contributed by atoms with Gasteiger partial charge in [0.25, 0.3) is 0 Å². The molecule has 2 aromatic carbocycles. The van der Waals surface area contributed by atoms with Gasteiger partial charge in [-0.25, -0.2) is 0 Å². The van der Waals surface area contributed by atoms with E-state index in [1.807, 2.05) is 63.2 Å². The molecule has 2 aliphatic heterocycles. The zero-order valence-electron chi connectivity index (χ0n) is 15.1. The van der Waals surface area contributed by atoms with Crippen molar-refractivity contribution in [1.29, 1.82) is 0 Å². The van der Waals surface area contributed by atoms with Crippen LogP contribution < -0.4 is 15.4 Å². The van der Waals surface area contributed by atoms with Crippen molar-refractivity contribution < 1.29 is 14.3 Å². The molecule has 2 aromatic rings. The van der Waals surface area contributed by atoms with Gasteiger partial charge in [0.15, 0.2) is 5.72 Å². The average molecular weight is 350 g/mol. The van der Waals surface area contributed by atoms with Gasteiger partial charge in [0, 0.05) is 18.0 Å². The number of piperidine rings is 1. The second kappa shape index (κ2) is 5.87. The zero-order chi connectivity index (χ0) is 18.5. The molecule has 3 atom stereocenters. The van der Waals surface area contributed by atoms with Crippen molar-refractivity contribution in [1.82, 2.24) is 5.32 Å². The van der Waals surface area contributed by atoms with Crippen LogP contribution in [0.4, 0.5) is 5.69 Å². The Balaban J connectivity index is 1.68. The molecule has 2 N–H and O–H groups in total. The largest absolute Gasteiger partial charge is 0.468 e. The Bertz CT molecular complexity index is 908. The minimum Gasteiger partial charge on any atom is -0.468 e. The molecular weight excluding hydrogens is 328 g/mol. The predicted octanol–water partition coefficient (Wildman–Crippen LogP) is 3.27. The van der Waals surface area contributed by atoms with E-state index >= 15 is 0 Å². The molecule has 0 radical (unpaired) electrons. The van der Waals surface area contributed by atoms with Gasteiger partial charge in [-0.3, -0.25) is 9.59 Å². The van der Waals surface area contributed by atoms with Gasteiger partial charge < -0.3 is 15.4 Å². The maximum absolute atomic E-state index is 13.0. The van der Waals surface area contributed by atoms with E-state index in [9.17, 15) is 9.59 Å². The van der Waals surface area contributed by atoms with Gasteiger partial charge in [-0.15, -0.1) is 0 Å². The van der Waals surface area contributed by atoms with Crippen LogP contribution in [0.5, 0.6) is 5.75 Å². The van der Waals surface area contributed by atoms with Crippen LogP contribution in [0.1, 0.15) is 36.0 Å². The van der Waals surface area contributed by atoms with E-state index in [1.54, 1.807) is 0 Å². The number of hydrogen-bond donors (Lipinski definition) is 2. The number of rotatable bonds is 2. The first-order chi connectivity index (χ1) is 12.4. The third-order valence-electron chi connectivity index (χ3n) is 5.26. The molecule has 26 heavy (non-hydrogen) atoms. The van der Waals surface area contributed by atoms with Crippen molar-refractivity contribution in [3.8, 4) is 5.75 Å². The summed E-state index contributed by atoms with van der Waals surface area (Å²) in [6.45, 7) is 5.81. The van der Waals surface area contributed by atoms with Gasteiger partial charge in [-0.05, 0) is 44.0 Å². The summed E-state index contributed by atoms with van der Waals surface area (Å²) in [4.78, 5) is 25.8. The van der Waals surface area contributed by atoms with Crippen LogP contribution in [-0.4, -0.2) is 17.5 Å². The number of carbonyl (C=O) groups excluding carboxylic acids is 2. The van der Waals surface area contributed by atoms with Crippen LogP contribution in [-0.2, 0) is 9.59 Å². The SMILES string of the molecule is Cc1ccc(NC(=O)[C@H]2C(=O)N[C@]3(C)C[C@@H]2c2ccccc2O3)c(C)c1. The number of benzene rings is 2. The standard InChI is InChI=1S/C21H22N2O3/c1-12-8-9-16(13(2)10-12)22-19(24)18-15-11-21(3,23-20(18)25)26-17-7-5-4-6-14(15)17/h4-10,15,18H,11H2,1-3H3,(H,22,24)(H,23,25)/t15-,18+,21+/m1/s1. The molecule has 4 rings (SSSR count). The highest BCUT2D eigenvalue weighted by atomic mass is 16.5. The number of anilines is 1. The first-order valence-corrected chi connectivity index (χ1v) is 8.84. The number of amides is 2. The predicted molar refractivity (Wildman–Crippen MR) is 99.0 cm³/mol. The summed E-state index contributed by atoms with van der Waals surface area (Å²) in [5.41, 5.74) is 2.99. The highest BCUT2D eigenvalue weighted by Crippen LogP contribution is 2.46. The maximum Gasteiger partial charge on any atom is 0.237 e. The van der Waals surface area contributed by atoms with E-state index in [-0.39, 0.29) is 17.7 Å². The fraction of sp³-hybridized carbons (Fsp3) is 0.333. The lowest BCUT2D eigenvalue weighted by Crippen LogP contribution is -2.62. The first kappa shape index (κ1) is 16.6. The second-order valence-electron chi connectivity index (χ2n) is 7.46. The first-order valence-electron chi connectivity index (χ1n) is 8.84. The molecule has 2 bridgehead atoms. The molecule has 0 aromatic heterocycles. The summed E-state index contributed by atoms with van der Waals surface area (Å²) in [7, 11) is 0. The number of carbonyl (C=O) groups is 2. The van der Waals surface area contributed by atoms with E-state index in [0.29, 0.717) is 6.42 Å². The molecule has 2 aliphatic rings. The lowest BCUT2D eigenvalue weighted by Gasteiger charge is -2.46. The molecule has 5 heteroatoms. The Labute approximate surface area is 152 Å². The van der Waals surface area contributed by atoms with Gasteiger partial charge in [0.1, 0.15) is 11.7 Å². The van der Waals surface area contributed by atoms with E-state index < -0.39 is 11.6 Å². The zero-order valence-corrected chi connectivity index (χ0v) is 15.1. The van der Waals surface area contributed by atoms with Crippen LogP contribution in [0.2, 0.25) is 0 Å². The summed E-state index contributed by atoms with van der Waals surface area (Å²) >= 11 is 0. The normalized spacial score (nSPS) is 26.3. The second-order valence-corrected chi connectivity index (χ2v) is 7.46. The van der Waals surface area contributed by atoms with Crippen LogP contribution >= 0.6 is 0 Å². The molecule has 1 saturated heterocycles. The number of para-hydroxylation sites is 1. The van der Waals surface area contributed by atoms with Crippen molar-refractivity contribution in [3.05, 3.63) is 59.2 Å². The fourth-order valence-corrected chi connectivity index (χ4v) is 4.05. The van der Waals surface area contributed by atoms with Gasteiger partial charge in [0.05, 0.1) is 0 Å². The molecule has 2 heterocycles. The highest BCUT2D eigenvalue weighted by molar-refractivity contribution is 6.08. The van der Waals surface area contributed by atoms with E-state index in [0.717, 1.165) is 28.1 Å². The highest BCUT2D eigenvalue weighted by Gasteiger charge is 2.51. The molecule has 0 spiro atoms. The van der Waals surface area contributed by atoms with Crippen LogP contribution in [0, 0.1) is 19.8 Å². The van der Waals surface area contributed by atoms with Crippen molar-refractivity contribution in [3.63, 3.8) is 0 Å². The van der Waals surface area contributed by atoms with Gasteiger partial charge in [-0.2, -0.15) is 0 Å². The fourth-order valence-electron chi connectivity index (χ4n) is 4.05. The lowest BCUT2D eigenvalue weighted by atomic mass is 9.74. The molecule has 2 amide bonds. The van der Waals surface area contributed by atoms with Crippen molar-refractivity contribution in [2.24, 2.45) is 5.92 Å². The van der Waals surface area contributed by atoms with E-state index in [4.69, 9.17) is 4.74 Å². The summed E-state index contributed by atoms with van der Waals surface area (Å²) in [5.74, 6) is -0.826. The van der Waals surface area contributed by atoms with Crippen LogP contribution in [0.25, 0.3) is 0 Å². The average Bonchev–Trinajstić information content (AvgIpc) is 2.56. The number of nitrogens with one attached hydrogen (secondary N) is 2. The van der Waals surface area contributed by atoms with Crippen molar-refractivity contribution in [2.75, 3.05) is 5.32 Å². The van der Waals surface area contributed by atoms with Gasteiger partial charge in [0.2, 0.25) is 11.8 Å². The number of fused-ring (bicyclic) bond motifs is 4. The third kappa shape index (κ3) is 2.73. The van der Waals surface area contributed by atoms with Crippen molar-refractivity contribution in [2.45, 2.75) is 38.8 Å². The Kier molecular flexibility index (Phi) is 3.75. The van der Waals surface area contributed by atoms with E-state index in [2.05, 4.69) is 10.6 Å². The summed E-state index contributed by atoms with van der Waals surface area (Å²) in [6, 6.07) is 13.5. The molecular formula is C21H22N2O3. The molecule has 0 aliphatic carbocycles. The van der Waals surface area contributed by atoms with Crippen LogP contribution in [0.15, 0.2) is 42.5 Å². The Morgan fingerprint density at radius 3 is 2.77 bits per heavy atom. The number of ether oxygens (including phenoxy) is 1. The maximum atomic E-state index is 13.0. The van der Waals surface area contributed by atoms with Gasteiger partial charge in [-0.1, -0.05) is 35.9 Å². The topological polar surface area (TPSA) is 67.4 Å². The Morgan fingerprint density at radius 2 is 2.00 bits per heavy atom. The van der Waals surface area contributed by atoms with E-state index in [1.165, 1.54) is 0 Å². The quantitative estimate of drug-likeness (QED) is 0.817. The molecule has 0 saturated carbocycles. The summed E-state index contributed by atoms with van der Waals surface area (Å²) in [5, 5.41) is 5.83. The molecule has 1 fully saturated rings. The summed E-state index contributed by atoms with van der Waals surface area (Å²) in [6.07, 6.45) is 0.570. The molecule has 5 nitrogen and oxygen atoms in total. The minimum absolute atomic E-state index is 0.204. The van der Waals surface area contributed by atoms with Gasteiger partial charge >= 0.3 is 0 Å². The Morgan fingerprint density at radius 1 is 1.23 bits per heavy atom. The molecule has 0 unspecified atom stereocenters.